The summed E-state index contributed by atoms with van der Waals surface area (Å²) in [5.41, 5.74) is 6.60. The van der Waals surface area contributed by atoms with Crippen molar-refractivity contribution in [2.24, 2.45) is 5.73 Å². The normalized spacial score (nSPS) is 25.8. The van der Waals surface area contributed by atoms with E-state index in [0.29, 0.717) is 19.6 Å². The van der Waals surface area contributed by atoms with Gasteiger partial charge in [-0.1, -0.05) is 0 Å². The number of carbonyl (C=O) groups excluding carboxylic acids is 2. The quantitative estimate of drug-likeness (QED) is 0.838. The lowest BCUT2D eigenvalue weighted by Crippen LogP contribution is -2.54. The molecule has 6 nitrogen and oxygen atoms in total. The Morgan fingerprint density at radius 1 is 1.29 bits per heavy atom. The predicted octanol–water partition coefficient (Wildman–Crippen LogP) is 1.68. The van der Waals surface area contributed by atoms with Crippen LogP contribution in [0, 0.1) is 0 Å². The molecule has 130 valence electrons. The first-order chi connectivity index (χ1) is 11.6. The van der Waals surface area contributed by atoms with Crippen LogP contribution >= 0.6 is 11.3 Å². The molecule has 0 bridgehead atoms. The van der Waals surface area contributed by atoms with Crippen molar-refractivity contribution in [3.8, 4) is 0 Å². The Bertz CT molecular complexity index is 651. The summed E-state index contributed by atoms with van der Waals surface area (Å²) in [7, 11) is 0. The minimum atomic E-state index is -0.488. The molecule has 24 heavy (non-hydrogen) atoms. The van der Waals surface area contributed by atoms with Gasteiger partial charge in [0, 0.05) is 24.5 Å². The van der Waals surface area contributed by atoms with Gasteiger partial charge >= 0.3 is 6.03 Å². The smallest absolute Gasteiger partial charge is 0.315 e. The summed E-state index contributed by atoms with van der Waals surface area (Å²) in [6.07, 6.45) is 4.21. The molecule has 0 aromatic carbocycles. The molecule has 4 heterocycles. The highest BCUT2D eigenvalue weighted by molar-refractivity contribution is 7.10. The SMILES string of the molecule is NC(=O)N1CCC[C@H]1C(=O)N1CCC2(CC1)OCCc1ccsc12. The number of nitrogens with zero attached hydrogens (tertiary/aromatic N) is 2. The predicted molar refractivity (Wildman–Crippen MR) is 90.8 cm³/mol. The Hall–Kier alpha value is -1.60. The van der Waals surface area contributed by atoms with Gasteiger partial charge in [-0.05, 0) is 49.1 Å². The number of urea groups is 1. The molecular formula is C17H23N3O3S. The van der Waals surface area contributed by atoms with Crippen LogP contribution in [0.25, 0.3) is 0 Å². The van der Waals surface area contributed by atoms with Crippen molar-refractivity contribution in [1.82, 2.24) is 9.80 Å². The van der Waals surface area contributed by atoms with Crippen LogP contribution in [0.2, 0.25) is 0 Å². The van der Waals surface area contributed by atoms with E-state index in [1.807, 2.05) is 4.90 Å². The standard InChI is InChI=1S/C17H23N3O3S/c18-16(22)20-7-1-2-13(20)15(21)19-8-5-17(6-9-19)14-12(3-10-23-17)4-11-24-14/h4,11,13H,1-3,5-10H2,(H2,18,22)/t13-/m0/s1. The summed E-state index contributed by atoms with van der Waals surface area (Å²) in [5, 5.41) is 2.14. The fraction of sp³-hybridized carbons (Fsp3) is 0.647. The van der Waals surface area contributed by atoms with Gasteiger partial charge in [0.15, 0.2) is 0 Å². The van der Waals surface area contributed by atoms with Crippen molar-refractivity contribution >= 4 is 23.3 Å². The third-order valence-electron chi connectivity index (χ3n) is 5.61. The van der Waals surface area contributed by atoms with E-state index in [9.17, 15) is 9.59 Å². The molecule has 0 unspecified atom stereocenters. The van der Waals surface area contributed by atoms with E-state index in [2.05, 4.69) is 11.4 Å². The molecule has 1 atom stereocenters. The fourth-order valence-electron chi connectivity index (χ4n) is 4.31. The molecule has 0 saturated carbocycles. The molecule has 1 aromatic heterocycles. The maximum atomic E-state index is 12.8. The number of hydrogen-bond acceptors (Lipinski definition) is 4. The Labute approximate surface area is 145 Å². The summed E-state index contributed by atoms with van der Waals surface area (Å²) in [6, 6.07) is 1.34. The molecule has 1 aromatic rings. The summed E-state index contributed by atoms with van der Waals surface area (Å²) < 4.78 is 6.19. The zero-order valence-electron chi connectivity index (χ0n) is 13.7. The monoisotopic (exact) mass is 349 g/mol. The minimum Gasteiger partial charge on any atom is -0.369 e. The third-order valence-corrected chi connectivity index (χ3v) is 6.76. The van der Waals surface area contributed by atoms with Crippen LogP contribution < -0.4 is 5.73 Å². The number of carbonyl (C=O) groups is 2. The van der Waals surface area contributed by atoms with E-state index >= 15 is 0 Å². The van der Waals surface area contributed by atoms with E-state index in [1.165, 1.54) is 15.3 Å². The van der Waals surface area contributed by atoms with Gasteiger partial charge in [0.25, 0.3) is 0 Å². The number of hydrogen-bond donors (Lipinski definition) is 1. The van der Waals surface area contributed by atoms with Gasteiger partial charge in [0.2, 0.25) is 5.91 Å². The molecule has 3 amide bonds. The van der Waals surface area contributed by atoms with Gasteiger partial charge < -0.3 is 20.3 Å². The largest absolute Gasteiger partial charge is 0.369 e. The average Bonchev–Trinajstić information content (AvgIpc) is 3.25. The van der Waals surface area contributed by atoms with Gasteiger partial charge in [0.1, 0.15) is 11.6 Å². The molecule has 2 saturated heterocycles. The Kier molecular flexibility index (Phi) is 4.00. The number of thiophene rings is 1. The topological polar surface area (TPSA) is 75.9 Å². The van der Waals surface area contributed by atoms with E-state index < -0.39 is 6.03 Å². The lowest BCUT2D eigenvalue weighted by Gasteiger charge is -2.44. The van der Waals surface area contributed by atoms with Crippen LogP contribution in [0.4, 0.5) is 4.79 Å². The summed E-state index contributed by atoms with van der Waals surface area (Å²) >= 11 is 1.77. The van der Waals surface area contributed by atoms with Crippen LogP contribution in [0.15, 0.2) is 11.4 Å². The van der Waals surface area contributed by atoms with Gasteiger partial charge in [0.05, 0.1) is 6.61 Å². The van der Waals surface area contributed by atoms with Crippen molar-refractivity contribution in [2.45, 2.75) is 43.7 Å². The van der Waals surface area contributed by atoms with E-state index in [-0.39, 0.29) is 17.6 Å². The highest BCUT2D eigenvalue weighted by Gasteiger charge is 2.44. The number of nitrogens with two attached hydrogens (primary N) is 1. The highest BCUT2D eigenvalue weighted by atomic mass is 32.1. The number of amides is 3. The van der Waals surface area contributed by atoms with Crippen LogP contribution in [-0.4, -0.2) is 54.0 Å². The number of ether oxygens (including phenoxy) is 1. The molecule has 2 fully saturated rings. The van der Waals surface area contributed by atoms with Crippen LogP contribution in [0.3, 0.4) is 0 Å². The maximum absolute atomic E-state index is 12.8. The lowest BCUT2D eigenvalue weighted by molar-refractivity contribution is -0.143. The van der Waals surface area contributed by atoms with Crippen molar-refractivity contribution in [3.63, 3.8) is 0 Å². The first-order valence-corrected chi connectivity index (χ1v) is 9.54. The van der Waals surface area contributed by atoms with Gasteiger partial charge in [-0.3, -0.25) is 4.79 Å². The molecule has 2 N–H and O–H groups in total. The summed E-state index contributed by atoms with van der Waals surface area (Å²) in [5.74, 6) is 0.0448. The molecule has 0 aliphatic carbocycles. The second-order valence-corrected chi connectivity index (χ2v) is 7.80. The number of primary amides is 1. The fourth-order valence-corrected chi connectivity index (χ4v) is 5.48. The maximum Gasteiger partial charge on any atom is 0.315 e. The van der Waals surface area contributed by atoms with Gasteiger partial charge in [-0.15, -0.1) is 11.3 Å². The van der Waals surface area contributed by atoms with Crippen molar-refractivity contribution in [1.29, 1.82) is 0 Å². The van der Waals surface area contributed by atoms with Crippen molar-refractivity contribution in [3.05, 3.63) is 21.9 Å². The third kappa shape index (κ3) is 2.50. The van der Waals surface area contributed by atoms with Crippen LogP contribution in [0.5, 0.6) is 0 Å². The molecule has 1 spiro atoms. The Morgan fingerprint density at radius 2 is 2.08 bits per heavy atom. The molecular weight excluding hydrogens is 326 g/mol. The number of rotatable bonds is 1. The second kappa shape index (κ2) is 6.04. The van der Waals surface area contributed by atoms with E-state index in [0.717, 1.165) is 38.7 Å². The average molecular weight is 349 g/mol. The van der Waals surface area contributed by atoms with Gasteiger partial charge in [-0.2, -0.15) is 0 Å². The summed E-state index contributed by atoms with van der Waals surface area (Å²) in [6.45, 7) is 2.71. The molecule has 3 aliphatic rings. The van der Waals surface area contributed by atoms with Gasteiger partial charge in [-0.25, -0.2) is 4.79 Å². The molecule has 0 radical (unpaired) electrons. The highest BCUT2D eigenvalue weighted by Crippen LogP contribution is 2.44. The first kappa shape index (κ1) is 15.9. The second-order valence-electron chi connectivity index (χ2n) is 6.88. The zero-order chi connectivity index (χ0) is 16.7. The first-order valence-electron chi connectivity index (χ1n) is 8.66. The minimum absolute atomic E-state index is 0.0448. The number of piperidine rings is 1. The van der Waals surface area contributed by atoms with Crippen molar-refractivity contribution < 1.29 is 14.3 Å². The molecule has 7 heteroatoms. The molecule has 3 aliphatic heterocycles. The van der Waals surface area contributed by atoms with Crippen molar-refractivity contribution in [2.75, 3.05) is 26.2 Å². The lowest BCUT2D eigenvalue weighted by atomic mass is 9.85. The van der Waals surface area contributed by atoms with E-state index in [4.69, 9.17) is 10.5 Å². The summed E-state index contributed by atoms with van der Waals surface area (Å²) in [4.78, 5) is 29.1. The van der Waals surface area contributed by atoms with E-state index in [1.54, 1.807) is 11.3 Å². The number of fused-ring (bicyclic) bond motifs is 2. The number of likely N-dealkylation sites (tertiary alicyclic amines) is 2. The Balaban J connectivity index is 1.46. The Morgan fingerprint density at radius 3 is 2.83 bits per heavy atom. The van der Waals surface area contributed by atoms with Crippen LogP contribution in [0.1, 0.15) is 36.1 Å². The molecule has 4 rings (SSSR count). The van der Waals surface area contributed by atoms with Crippen LogP contribution in [-0.2, 0) is 21.6 Å². The zero-order valence-corrected chi connectivity index (χ0v) is 14.5.